The first-order chi connectivity index (χ1) is 7.58. The number of cyclic esters (lactones) is 2. The predicted molar refractivity (Wildman–Crippen MR) is 54.7 cm³/mol. The van der Waals surface area contributed by atoms with E-state index in [9.17, 15) is 14.0 Å². The summed E-state index contributed by atoms with van der Waals surface area (Å²) in [6, 6.07) is 4.39. The summed E-state index contributed by atoms with van der Waals surface area (Å²) in [6.45, 7) is -0.327. The quantitative estimate of drug-likeness (QED) is 0.552. The number of benzene rings is 1. The summed E-state index contributed by atoms with van der Waals surface area (Å²) in [5.74, 6) is -2.04. The van der Waals surface area contributed by atoms with Gasteiger partial charge in [0.2, 0.25) is 0 Å². The van der Waals surface area contributed by atoms with Gasteiger partial charge in [-0.05, 0) is 12.1 Å². The Morgan fingerprint density at radius 3 is 2.50 bits per heavy atom. The van der Waals surface area contributed by atoms with E-state index >= 15 is 0 Å². The second-order valence-electron chi connectivity index (χ2n) is 3.28. The van der Waals surface area contributed by atoms with Crippen LogP contribution in [0.5, 0.6) is 0 Å². The highest BCUT2D eigenvalue weighted by molar-refractivity contribution is 6.31. The molecule has 0 aromatic heterocycles. The first-order valence-corrected chi connectivity index (χ1v) is 4.88. The molecule has 0 N–H and O–H groups in total. The number of morpholine rings is 1. The summed E-state index contributed by atoms with van der Waals surface area (Å²) in [4.78, 5) is 23.3. The van der Waals surface area contributed by atoms with Gasteiger partial charge in [0.1, 0.15) is 13.1 Å². The number of hydrogen-bond donors (Lipinski definition) is 0. The third-order valence-electron chi connectivity index (χ3n) is 2.14. The zero-order valence-corrected chi connectivity index (χ0v) is 8.83. The Hall–Kier alpha value is -1.62. The molecule has 0 saturated carbocycles. The highest BCUT2D eigenvalue weighted by atomic mass is 35.5. The Labute approximate surface area is 95.6 Å². The number of rotatable bonds is 1. The minimum atomic E-state index is -0.698. The van der Waals surface area contributed by atoms with Gasteiger partial charge < -0.3 is 9.64 Å². The van der Waals surface area contributed by atoms with Crippen LogP contribution in [-0.2, 0) is 14.3 Å². The van der Waals surface area contributed by atoms with E-state index in [0.717, 1.165) is 0 Å². The van der Waals surface area contributed by atoms with Gasteiger partial charge in [-0.2, -0.15) is 0 Å². The molecule has 1 aliphatic rings. The van der Waals surface area contributed by atoms with Crippen LogP contribution in [0.25, 0.3) is 0 Å². The zero-order chi connectivity index (χ0) is 11.7. The molecule has 0 unspecified atom stereocenters. The summed E-state index contributed by atoms with van der Waals surface area (Å²) in [5.41, 5.74) is 0.123. The van der Waals surface area contributed by atoms with Crippen LogP contribution in [0.1, 0.15) is 0 Å². The van der Waals surface area contributed by atoms with Gasteiger partial charge >= 0.3 is 11.9 Å². The van der Waals surface area contributed by atoms with E-state index in [2.05, 4.69) is 4.74 Å². The van der Waals surface area contributed by atoms with E-state index in [1.54, 1.807) is 6.07 Å². The van der Waals surface area contributed by atoms with Gasteiger partial charge in [-0.25, -0.2) is 14.0 Å². The van der Waals surface area contributed by atoms with Crippen LogP contribution >= 0.6 is 11.6 Å². The maximum absolute atomic E-state index is 13.6. The van der Waals surface area contributed by atoms with Gasteiger partial charge in [0.15, 0.2) is 5.82 Å². The van der Waals surface area contributed by atoms with E-state index in [-0.39, 0.29) is 23.8 Å². The van der Waals surface area contributed by atoms with Crippen molar-refractivity contribution in [2.75, 3.05) is 18.0 Å². The average Bonchev–Trinajstić information content (AvgIpc) is 2.20. The van der Waals surface area contributed by atoms with Crippen molar-refractivity contribution < 1.29 is 18.7 Å². The normalized spacial score (nSPS) is 16.2. The van der Waals surface area contributed by atoms with Crippen molar-refractivity contribution in [3.05, 3.63) is 29.0 Å². The molecule has 0 aliphatic carbocycles. The molecule has 1 aromatic rings. The minimum absolute atomic E-state index is 0.0520. The third-order valence-corrected chi connectivity index (χ3v) is 2.43. The van der Waals surface area contributed by atoms with Crippen LogP contribution in [-0.4, -0.2) is 25.0 Å². The molecule has 0 bridgehead atoms. The lowest BCUT2D eigenvalue weighted by atomic mass is 10.2. The summed E-state index contributed by atoms with van der Waals surface area (Å²) in [6.07, 6.45) is 0. The Morgan fingerprint density at radius 2 is 1.88 bits per heavy atom. The number of esters is 2. The Kier molecular flexibility index (Phi) is 2.78. The molecule has 16 heavy (non-hydrogen) atoms. The van der Waals surface area contributed by atoms with Crippen molar-refractivity contribution >= 4 is 29.2 Å². The molecule has 0 amide bonds. The van der Waals surface area contributed by atoms with Crippen molar-refractivity contribution in [3.63, 3.8) is 0 Å². The molecule has 6 heteroatoms. The first kappa shape index (κ1) is 10.9. The van der Waals surface area contributed by atoms with Crippen LogP contribution in [0.3, 0.4) is 0 Å². The van der Waals surface area contributed by atoms with Gasteiger partial charge in [-0.15, -0.1) is 0 Å². The number of carbonyl (C=O) groups excluding carboxylic acids is 2. The van der Waals surface area contributed by atoms with Crippen LogP contribution in [0, 0.1) is 5.82 Å². The van der Waals surface area contributed by atoms with Crippen molar-refractivity contribution in [2.45, 2.75) is 0 Å². The fraction of sp³-hybridized carbons (Fsp3) is 0.200. The molecule has 0 spiro atoms. The predicted octanol–water partition coefficient (Wildman–Crippen LogP) is 1.37. The number of hydrogen-bond acceptors (Lipinski definition) is 4. The van der Waals surface area contributed by atoms with Crippen molar-refractivity contribution in [1.29, 1.82) is 0 Å². The summed E-state index contributed by atoms with van der Waals surface area (Å²) >= 11 is 5.60. The molecule has 4 nitrogen and oxygen atoms in total. The lowest BCUT2D eigenvalue weighted by molar-refractivity contribution is -0.160. The Morgan fingerprint density at radius 1 is 1.25 bits per heavy atom. The second kappa shape index (κ2) is 4.09. The van der Waals surface area contributed by atoms with Crippen molar-refractivity contribution in [3.8, 4) is 0 Å². The molecule has 1 fully saturated rings. The molecular weight excluding hydrogens is 237 g/mol. The second-order valence-corrected chi connectivity index (χ2v) is 3.68. The molecule has 0 atom stereocenters. The van der Waals surface area contributed by atoms with E-state index < -0.39 is 17.8 Å². The minimum Gasteiger partial charge on any atom is -0.390 e. The van der Waals surface area contributed by atoms with Gasteiger partial charge in [-0.3, -0.25) is 0 Å². The summed E-state index contributed by atoms with van der Waals surface area (Å²) in [7, 11) is 0. The SMILES string of the molecule is O=C1CN(c2cccc(Cl)c2F)CC(=O)O1. The Bertz CT molecular complexity index is 447. The molecule has 0 radical (unpaired) electrons. The molecular formula is C10H7ClFNO3. The standard InChI is InChI=1S/C10H7ClFNO3/c11-6-2-1-3-7(10(6)12)13-4-8(14)16-9(15)5-13/h1-3H,4-5H2. The molecule has 84 valence electrons. The Balaban J connectivity index is 2.33. The van der Waals surface area contributed by atoms with Crippen molar-refractivity contribution in [2.24, 2.45) is 0 Å². The fourth-order valence-electron chi connectivity index (χ4n) is 1.47. The topological polar surface area (TPSA) is 46.6 Å². The number of ether oxygens (including phenoxy) is 1. The van der Waals surface area contributed by atoms with Gasteiger partial charge in [-0.1, -0.05) is 17.7 Å². The molecule has 1 heterocycles. The number of anilines is 1. The van der Waals surface area contributed by atoms with E-state index in [1.165, 1.54) is 17.0 Å². The lowest BCUT2D eigenvalue weighted by Gasteiger charge is -2.26. The zero-order valence-electron chi connectivity index (χ0n) is 8.07. The molecule has 1 aliphatic heterocycles. The van der Waals surface area contributed by atoms with E-state index in [4.69, 9.17) is 11.6 Å². The smallest absolute Gasteiger partial charge is 0.333 e. The van der Waals surface area contributed by atoms with E-state index in [1.807, 2.05) is 0 Å². The average molecular weight is 244 g/mol. The summed E-state index contributed by atoms with van der Waals surface area (Å²) < 4.78 is 17.9. The van der Waals surface area contributed by atoms with Crippen LogP contribution in [0.15, 0.2) is 18.2 Å². The molecule has 1 aromatic carbocycles. The van der Waals surface area contributed by atoms with Crippen LogP contribution in [0.2, 0.25) is 5.02 Å². The largest absolute Gasteiger partial charge is 0.390 e. The number of halogens is 2. The first-order valence-electron chi connectivity index (χ1n) is 4.50. The summed E-state index contributed by atoms with van der Waals surface area (Å²) in [5, 5.41) is -0.0520. The number of nitrogens with zero attached hydrogens (tertiary/aromatic N) is 1. The van der Waals surface area contributed by atoms with Gasteiger partial charge in [0.25, 0.3) is 0 Å². The highest BCUT2D eigenvalue weighted by Gasteiger charge is 2.27. The maximum atomic E-state index is 13.6. The van der Waals surface area contributed by atoms with Crippen LogP contribution in [0.4, 0.5) is 10.1 Å². The van der Waals surface area contributed by atoms with Gasteiger partial charge in [0, 0.05) is 0 Å². The third kappa shape index (κ3) is 1.99. The van der Waals surface area contributed by atoms with Crippen LogP contribution < -0.4 is 4.90 Å². The molecule has 2 rings (SSSR count). The number of carbonyl (C=O) groups is 2. The van der Waals surface area contributed by atoms with E-state index in [0.29, 0.717) is 0 Å². The van der Waals surface area contributed by atoms with Crippen molar-refractivity contribution in [1.82, 2.24) is 0 Å². The maximum Gasteiger partial charge on any atom is 0.333 e. The lowest BCUT2D eigenvalue weighted by Crippen LogP contribution is -2.43. The van der Waals surface area contributed by atoms with Gasteiger partial charge in [0.05, 0.1) is 10.7 Å². The molecule has 1 saturated heterocycles. The monoisotopic (exact) mass is 243 g/mol. The fourth-order valence-corrected chi connectivity index (χ4v) is 1.64. The highest BCUT2D eigenvalue weighted by Crippen LogP contribution is 2.26.